The second kappa shape index (κ2) is 4.30. The zero-order valence-corrected chi connectivity index (χ0v) is 10.2. The van der Waals surface area contributed by atoms with Crippen molar-refractivity contribution in [1.82, 2.24) is 5.32 Å². The van der Waals surface area contributed by atoms with Gasteiger partial charge in [-0.3, -0.25) is 0 Å². The van der Waals surface area contributed by atoms with Crippen molar-refractivity contribution in [3.63, 3.8) is 0 Å². The van der Waals surface area contributed by atoms with Crippen molar-refractivity contribution < 1.29 is 4.39 Å². The molecule has 0 amide bonds. The van der Waals surface area contributed by atoms with Crippen LogP contribution in [0.4, 0.5) is 10.1 Å². The third-order valence-electron chi connectivity index (χ3n) is 3.98. The van der Waals surface area contributed by atoms with Gasteiger partial charge in [-0.05, 0) is 37.8 Å². The molecule has 17 heavy (non-hydrogen) atoms. The number of hydrogen-bond donors (Lipinski definition) is 1. The van der Waals surface area contributed by atoms with E-state index in [2.05, 4.69) is 10.2 Å². The summed E-state index contributed by atoms with van der Waals surface area (Å²) in [5, 5.41) is 3.58. The van der Waals surface area contributed by atoms with Gasteiger partial charge in [-0.25, -0.2) is 4.39 Å². The highest BCUT2D eigenvalue weighted by atomic mass is 19.1. The second-order valence-electron chi connectivity index (χ2n) is 5.23. The van der Waals surface area contributed by atoms with Crippen molar-refractivity contribution in [2.45, 2.75) is 25.8 Å². The van der Waals surface area contributed by atoms with Gasteiger partial charge in [0.05, 0.1) is 0 Å². The normalized spacial score (nSPS) is 25.1. The smallest absolute Gasteiger partial charge is 0.128 e. The third-order valence-corrected chi connectivity index (χ3v) is 3.98. The Balaban J connectivity index is 1.80. The lowest BCUT2D eigenvalue weighted by Gasteiger charge is -2.36. The second-order valence-corrected chi connectivity index (χ2v) is 5.23. The van der Waals surface area contributed by atoms with Gasteiger partial charge in [0.25, 0.3) is 0 Å². The van der Waals surface area contributed by atoms with E-state index in [0.717, 1.165) is 36.8 Å². The average Bonchev–Trinajstić information content (AvgIpc) is 3.17. The first-order chi connectivity index (χ1) is 8.25. The van der Waals surface area contributed by atoms with E-state index in [9.17, 15) is 4.39 Å². The minimum atomic E-state index is -0.0935. The largest absolute Gasteiger partial charge is 0.368 e. The summed E-state index contributed by atoms with van der Waals surface area (Å²) in [4.78, 5) is 2.33. The summed E-state index contributed by atoms with van der Waals surface area (Å²) in [6.07, 6.45) is 2.71. The van der Waals surface area contributed by atoms with E-state index in [4.69, 9.17) is 0 Å². The molecule has 3 heteroatoms. The zero-order valence-electron chi connectivity index (χ0n) is 10.2. The van der Waals surface area contributed by atoms with Crippen LogP contribution in [0, 0.1) is 18.7 Å². The molecular weight excluding hydrogens is 215 g/mol. The Morgan fingerprint density at radius 2 is 2.18 bits per heavy atom. The van der Waals surface area contributed by atoms with E-state index < -0.39 is 0 Å². The molecular formula is C14H19FN2. The summed E-state index contributed by atoms with van der Waals surface area (Å²) in [7, 11) is 0. The van der Waals surface area contributed by atoms with E-state index in [1.165, 1.54) is 12.8 Å². The van der Waals surface area contributed by atoms with Gasteiger partial charge in [0, 0.05) is 36.9 Å². The number of halogens is 1. The molecule has 1 atom stereocenters. The third kappa shape index (κ3) is 2.16. The maximum atomic E-state index is 13.6. The highest BCUT2D eigenvalue weighted by molar-refractivity contribution is 5.54. The zero-order chi connectivity index (χ0) is 11.8. The van der Waals surface area contributed by atoms with Crippen LogP contribution in [0.5, 0.6) is 0 Å². The fraction of sp³-hybridized carbons (Fsp3) is 0.571. The number of anilines is 1. The van der Waals surface area contributed by atoms with Gasteiger partial charge in [0.15, 0.2) is 0 Å². The minimum absolute atomic E-state index is 0.0935. The number of piperazine rings is 1. The fourth-order valence-electron chi connectivity index (χ4n) is 2.75. The highest BCUT2D eigenvalue weighted by Crippen LogP contribution is 2.35. The molecule has 1 N–H and O–H groups in total. The van der Waals surface area contributed by atoms with Crippen molar-refractivity contribution in [2.24, 2.45) is 5.92 Å². The van der Waals surface area contributed by atoms with Crippen LogP contribution in [0.2, 0.25) is 0 Å². The predicted molar refractivity (Wildman–Crippen MR) is 67.9 cm³/mol. The first-order valence-electron chi connectivity index (χ1n) is 6.49. The van der Waals surface area contributed by atoms with Gasteiger partial charge in [-0.1, -0.05) is 6.07 Å². The van der Waals surface area contributed by atoms with Gasteiger partial charge < -0.3 is 10.2 Å². The highest BCUT2D eigenvalue weighted by Gasteiger charge is 2.34. The summed E-state index contributed by atoms with van der Waals surface area (Å²) in [6.45, 7) is 4.89. The molecule has 2 aliphatic rings. The molecule has 1 saturated carbocycles. The number of rotatable bonds is 2. The van der Waals surface area contributed by atoms with Crippen molar-refractivity contribution in [3.05, 3.63) is 29.6 Å². The van der Waals surface area contributed by atoms with Crippen LogP contribution in [0.25, 0.3) is 0 Å². The lowest BCUT2D eigenvalue weighted by atomic mass is 10.1. The van der Waals surface area contributed by atoms with Crippen LogP contribution in [-0.4, -0.2) is 25.7 Å². The van der Waals surface area contributed by atoms with Crippen molar-refractivity contribution in [2.75, 3.05) is 24.5 Å². The number of benzene rings is 1. The van der Waals surface area contributed by atoms with Gasteiger partial charge in [0.1, 0.15) is 5.82 Å². The molecule has 2 fully saturated rings. The summed E-state index contributed by atoms with van der Waals surface area (Å²) >= 11 is 0. The van der Waals surface area contributed by atoms with Crippen LogP contribution in [0.3, 0.4) is 0 Å². The first kappa shape index (κ1) is 11.0. The van der Waals surface area contributed by atoms with E-state index in [1.54, 1.807) is 6.07 Å². The molecule has 0 spiro atoms. The molecule has 92 valence electrons. The quantitative estimate of drug-likeness (QED) is 0.845. The van der Waals surface area contributed by atoms with Crippen LogP contribution in [0.1, 0.15) is 18.4 Å². The molecule has 0 bridgehead atoms. The predicted octanol–water partition coefficient (Wildman–Crippen LogP) is 2.32. The summed E-state index contributed by atoms with van der Waals surface area (Å²) in [6, 6.07) is 5.99. The molecule has 0 aromatic heterocycles. The van der Waals surface area contributed by atoms with Crippen LogP contribution in [-0.2, 0) is 0 Å². The Bertz CT molecular complexity index is 415. The van der Waals surface area contributed by atoms with Crippen LogP contribution < -0.4 is 10.2 Å². The summed E-state index contributed by atoms with van der Waals surface area (Å²) < 4.78 is 13.6. The fourth-order valence-corrected chi connectivity index (χ4v) is 2.75. The topological polar surface area (TPSA) is 15.3 Å². The minimum Gasteiger partial charge on any atom is -0.368 e. The Morgan fingerprint density at radius 3 is 2.94 bits per heavy atom. The molecule has 0 radical (unpaired) electrons. The first-order valence-corrected chi connectivity index (χ1v) is 6.49. The number of nitrogens with zero attached hydrogens (tertiary/aromatic N) is 1. The van der Waals surface area contributed by atoms with Crippen molar-refractivity contribution >= 4 is 5.69 Å². The molecule has 1 aliphatic carbocycles. The van der Waals surface area contributed by atoms with Gasteiger partial charge in [0.2, 0.25) is 0 Å². The Hall–Kier alpha value is -1.09. The van der Waals surface area contributed by atoms with E-state index in [1.807, 2.05) is 19.1 Å². The van der Waals surface area contributed by atoms with E-state index in [0.29, 0.717) is 6.04 Å². The number of nitrogens with one attached hydrogen (secondary N) is 1. The molecule has 1 aliphatic heterocycles. The van der Waals surface area contributed by atoms with E-state index >= 15 is 0 Å². The lowest BCUT2D eigenvalue weighted by Crippen LogP contribution is -2.52. The lowest BCUT2D eigenvalue weighted by molar-refractivity contribution is 0.418. The van der Waals surface area contributed by atoms with Crippen LogP contribution >= 0.6 is 0 Å². The Labute approximate surface area is 102 Å². The standard InChI is InChI=1S/C14H19FN2/c1-10-12(15)3-2-4-14(10)17-8-7-16-13(9-17)11-5-6-11/h2-4,11,13,16H,5-9H2,1H3. The molecule has 3 rings (SSSR count). The van der Waals surface area contributed by atoms with Gasteiger partial charge in [-0.15, -0.1) is 0 Å². The van der Waals surface area contributed by atoms with Crippen molar-refractivity contribution in [1.29, 1.82) is 0 Å². The molecule has 1 aromatic rings. The molecule has 1 aromatic carbocycles. The summed E-state index contributed by atoms with van der Waals surface area (Å²) in [5.74, 6) is 0.760. The summed E-state index contributed by atoms with van der Waals surface area (Å²) in [5.41, 5.74) is 1.85. The van der Waals surface area contributed by atoms with Crippen LogP contribution in [0.15, 0.2) is 18.2 Å². The molecule has 2 nitrogen and oxygen atoms in total. The average molecular weight is 234 g/mol. The Kier molecular flexibility index (Phi) is 2.79. The Morgan fingerprint density at radius 1 is 1.35 bits per heavy atom. The molecule has 1 saturated heterocycles. The monoisotopic (exact) mass is 234 g/mol. The maximum Gasteiger partial charge on any atom is 0.128 e. The number of hydrogen-bond acceptors (Lipinski definition) is 2. The van der Waals surface area contributed by atoms with E-state index in [-0.39, 0.29) is 5.82 Å². The van der Waals surface area contributed by atoms with Gasteiger partial charge in [-0.2, -0.15) is 0 Å². The van der Waals surface area contributed by atoms with Gasteiger partial charge >= 0.3 is 0 Å². The molecule has 1 heterocycles. The van der Waals surface area contributed by atoms with Crippen molar-refractivity contribution in [3.8, 4) is 0 Å². The SMILES string of the molecule is Cc1c(F)cccc1N1CCNC(C2CC2)C1. The maximum absolute atomic E-state index is 13.6. The molecule has 1 unspecified atom stereocenters.